The number of hydrogen-bond acceptors (Lipinski definition) is 4. The van der Waals surface area contributed by atoms with Crippen LogP contribution in [0.1, 0.15) is 17.3 Å². The van der Waals surface area contributed by atoms with E-state index >= 15 is 0 Å². The summed E-state index contributed by atoms with van der Waals surface area (Å²) >= 11 is 3.63. The van der Waals surface area contributed by atoms with Gasteiger partial charge >= 0.3 is 0 Å². The second-order valence-electron chi connectivity index (χ2n) is 6.34. The van der Waals surface area contributed by atoms with Crippen LogP contribution in [0.3, 0.4) is 0 Å². The number of Topliss-reactive ketones (excluding diaryl/α,β-unsaturated/α-hetero) is 1. The number of rotatable bonds is 3. The minimum Gasteiger partial charge on any atom is -0.378 e. The van der Waals surface area contributed by atoms with Crippen molar-refractivity contribution in [3.05, 3.63) is 58.6 Å². The molecule has 132 valence electrons. The Hall–Kier alpha value is -2.24. The Morgan fingerprint density at radius 2 is 1.81 bits per heavy atom. The summed E-state index contributed by atoms with van der Waals surface area (Å²) in [6, 6.07) is 16.1. The molecule has 0 bridgehead atoms. The Morgan fingerprint density at radius 1 is 1.08 bits per heavy atom. The summed E-state index contributed by atoms with van der Waals surface area (Å²) in [7, 11) is 0. The Labute approximate surface area is 160 Å². The van der Waals surface area contributed by atoms with E-state index in [0.29, 0.717) is 18.8 Å². The van der Waals surface area contributed by atoms with Gasteiger partial charge in [-0.3, -0.25) is 4.79 Å². The molecule has 1 saturated heterocycles. The number of anilines is 1. The number of carbonyl (C=O) groups excluding carboxylic acids is 1. The number of para-hydroxylation sites is 1. The summed E-state index contributed by atoms with van der Waals surface area (Å²) < 4.78 is 6.41. The Morgan fingerprint density at radius 3 is 2.50 bits per heavy atom. The molecular weight excluding hydrogens is 392 g/mol. The van der Waals surface area contributed by atoms with Gasteiger partial charge in [0.15, 0.2) is 5.78 Å². The van der Waals surface area contributed by atoms with E-state index in [4.69, 9.17) is 9.72 Å². The molecule has 0 atom stereocenters. The lowest BCUT2D eigenvalue weighted by atomic mass is 9.93. The molecule has 0 aliphatic carbocycles. The molecule has 3 aromatic rings. The van der Waals surface area contributed by atoms with Crippen molar-refractivity contribution in [3.63, 3.8) is 0 Å². The topological polar surface area (TPSA) is 42.4 Å². The van der Waals surface area contributed by atoms with E-state index in [0.717, 1.165) is 45.4 Å². The number of pyridine rings is 1. The van der Waals surface area contributed by atoms with E-state index in [2.05, 4.69) is 20.8 Å². The number of nitrogens with zero attached hydrogens (tertiary/aromatic N) is 2. The molecule has 0 radical (unpaired) electrons. The van der Waals surface area contributed by atoms with Crippen molar-refractivity contribution in [2.45, 2.75) is 6.92 Å². The van der Waals surface area contributed by atoms with Gasteiger partial charge in [-0.1, -0.05) is 42.5 Å². The third-order valence-electron chi connectivity index (χ3n) is 4.67. The van der Waals surface area contributed by atoms with E-state index in [9.17, 15) is 4.79 Å². The van der Waals surface area contributed by atoms with Crippen LogP contribution >= 0.6 is 15.9 Å². The monoisotopic (exact) mass is 410 g/mol. The molecule has 0 amide bonds. The van der Waals surface area contributed by atoms with Gasteiger partial charge in [0.2, 0.25) is 0 Å². The zero-order valence-corrected chi connectivity index (χ0v) is 16.1. The van der Waals surface area contributed by atoms with E-state index in [1.807, 2.05) is 48.5 Å². The van der Waals surface area contributed by atoms with Crippen LogP contribution in [0.2, 0.25) is 0 Å². The average Bonchev–Trinajstić information content (AvgIpc) is 2.68. The minimum absolute atomic E-state index is 0.0275. The third-order valence-corrected chi connectivity index (χ3v) is 5.31. The average molecular weight is 411 g/mol. The molecule has 4 rings (SSSR count). The van der Waals surface area contributed by atoms with Gasteiger partial charge in [-0.2, -0.15) is 0 Å². The summed E-state index contributed by atoms with van der Waals surface area (Å²) in [5.41, 5.74) is 3.53. The molecule has 0 N–H and O–H groups in total. The van der Waals surface area contributed by atoms with Crippen LogP contribution in [0.15, 0.2) is 53.0 Å². The molecule has 1 fully saturated rings. The van der Waals surface area contributed by atoms with Gasteiger partial charge in [0.25, 0.3) is 0 Å². The number of carbonyl (C=O) groups is 1. The molecule has 2 heterocycles. The molecule has 1 aromatic heterocycles. The molecule has 4 nitrogen and oxygen atoms in total. The maximum absolute atomic E-state index is 12.7. The second-order valence-corrected chi connectivity index (χ2v) is 7.20. The lowest BCUT2D eigenvalue weighted by molar-refractivity contribution is 0.101. The lowest BCUT2D eigenvalue weighted by Gasteiger charge is -2.30. The maximum Gasteiger partial charge on any atom is 0.164 e. The summed E-state index contributed by atoms with van der Waals surface area (Å²) in [6.07, 6.45) is 0. The second kappa shape index (κ2) is 7.17. The van der Waals surface area contributed by atoms with E-state index in [1.54, 1.807) is 6.92 Å². The Bertz CT molecular complexity index is 967. The van der Waals surface area contributed by atoms with Crippen LogP contribution in [0.4, 0.5) is 5.82 Å². The Kier molecular flexibility index (Phi) is 4.74. The van der Waals surface area contributed by atoms with Crippen molar-refractivity contribution in [1.82, 2.24) is 4.98 Å². The van der Waals surface area contributed by atoms with Gasteiger partial charge in [0.05, 0.1) is 24.3 Å². The molecule has 1 aliphatic rings. The predicted octanol–water partition coefficient (Wildman–Crippen LogP) is 4.70. The maximum atomic E-state index is 12.7. The highest BCUT2D eigenvalue weighted by Gasteiger charge is 2.25. The number of halogens is 1. The SMILES string of the molecule is CC(=O)c1c(N2CCOCC2)nc2c(Br)cccc2c1-c1ccccc1. The highest BCUT2D eigenvalue weighted by Crippen LogP contribution is 2.39. The molecule has 26 heavy (non-hydrogen) atoms. The summed E-state index contributed by atoms with van der Waals surface area (Å²) in [5, 5.41) is 0.979. The third kappa shape index (κ3) is 3.02. The number of aromatic nitrogens is 1. The zero-order valence-electron chi connectivity index (χ0n) is 14.5. The summed E-state index contributed by atoms with van der Waals surface area (Å²) in [5.74, 6) is 0.777. The van der Waals surface area contributed by atoms with Crippen molar-refractivity contribution >= 4 is 38.4 Å². The zero-order chi connectivity index (χ0) is 18.1. The first-order chi connectivity index (χ1) is 12.7. The molecule has 1 aliphatic heterocycles. The highest BCUT2D eigenvalue weighted by molar-refractivity contribution is 9.10. The number of ketones is 1. The van der Waals surface area contributed by atoms with Crippen molar-refractivity contribution < 1.29 is 9.53 Å². The highest BCUT2D eigenvalue weighted by atomic mass is 79.9. The fourth-order valence-electron chi connectivity index (χ4n) is 3.48. The predicted molar refractivity (Wildman–Crippen MR) is 108 cm³/mol. The van der Waals surface area contributed by atoms with Gasteiger partial charge in [0, 0.05) is 28.5 Å². The first-order valence-electron chi connectivity index (χ1n) is 8.68. The smallest absolute Gasteiger partial charge is 0.164 e. The van der Waals surface area contributed by atoms with Gasteiger partial charge < -0.3 is 9.64 Å². The fourth-order valence-corrected chi connectivity index (χ4v) is 3.94. The van der Waals surface area contributed by atoms with Crippen molar-refractivity contribution in [2.24, 2.45) is 0 Å². The van der Waals surface area contributed by atoms with Crippen LogP contribution < -0.4 is 4.90 Å². The number of morpholine rings is 1. The molecule has 2 aromatic carbocycles. The summed E-state index contributed by atoms with van der Waals surface area (Å²) in [4.78, 5) is 19.8. The summed E-state index contributed by atoms with van der Waals surface area (Å²) in [6.45, 7) is 4.38. The minimum atomic E-state index is 0.0275. The lowest BCUT2D eigenvalue weighted by Crippen LogP contribution is -2.37. The van der Waals surface area contributed by atoms with Crippen LogP contribution in [0.25, 0.3) is 22.0 Å². The molecule has 0 unspecified atom stereocenters. The Balaban J connectivity index is 2.09. The number of benzene rings is 2. The molecule has 0 spiro atoms. The first-order valence-corrected chi connectivity index (χ1v) is 9.47. The number of hydrogen-bond donors (Lipinski definition) is 0. The molecule has 5 heteroatoms. The van der Waals surface area contributed by atoms with Crippen molar-refractivity contribution in [2.75, 3.05) is 31.2 Å². The molecule has 0 saturated carbocycles. The number of fused-ring (bicyclic) bond motifs is 1. The van der Waals surface area contributed by atoms with E-state index < -0.39 is 0 Å². The van der Waals surface area contributed by atoms with Crippen LogP contribution in [0.5, 0.6) is 0 Å². The standard InChI is InChI=1S/C21H19BrN2O2/c1-14(25)18-19(15-6-3-2-4-7-15)16-8-5-9-17(22)20(16)23-21(18)24-10-12-26-13-11-24/h2-9H,10-13H2,1H3. The van der Waals surface area contributed by atoms with Crippen LogP contribution in [-0.2, 0) is 4.74 Å². The van der Waals surface area contributed by atoms with Gasteiger partial charge in [-0.05, 0) is 34.5 Å². The van der Waals surface area contributed by atoms with E-state index in [1.165, 1.54) is 0 Å². The van der Waals surface area contributed by atoms with Crippen LogP contribution in [-0.4, -0.2) is 37.1 Å². The fraction of sp³-hybridized carbons (Fsp3) is 0.238. The first kappa shape index (κ1) is 17.2. The van der Waals surface area contributed by atoms with Crippen LogP contribution in [0, 0.1) is 0 Å². The molecular formula is C21H19BrN2O2. The number of ether oxygens (including phenoxy) is 1. The van der Waals surface area contributed by atoms with E-state index in [-0.39, 0.29) is 5.78 Å². The van der Waals surface area contributed by atoms with Gasteiger partial charge in [0.1, 0.15) is 5.82 Å². The van der Waals surface area contributed by atoms with Crippen molar-refractivity contribution in [3.8, 4) is 11.1 Å². The quantitative estimate of drug-likeness (QED) is 0.586. The van der Waals surface area contributed by atoms with Gasteiger partial charge in [-0.25, -0.2) is 4.98 Å². The van der Waals surface area contributed by atoms with Crippen molar-refractivity contribution in [1.29, 1.82) is 0 Å². The van der Waals surface area contributed by atoms with Gasteiger partial charge in [-0.15, -0.1) is 0 Å². The largest absolute Gasteiger partial charge is 0.378 e. The normalized spacial score (nSPS) is 14.6.